The average Bonchev–Trinajstić information content (AvgIpc) is 3.05. The van der Waals surface area contributed by atoms with Gasteiger partial charge in [-0.05, 0) is 13.3 Å². The molecule has 17 heavy (non-hydrogen) atoms. The maximum atomic E-state index is 11.7. The molecular formula is C11H17NO5. The Morgan fingerprint density at radius 2 is 2.00 bits per heavy atom. The second-order valence-corrected chi connectivity index (χ2v) is 4.10. The first-order chi connectivity index (χ1) is 7.97. The van der Waals surface area contributed by atoms with Crippen LogP contribution in [0.2, 0.25) is 0 Å². The zero-order valence-corrected chi connectivity index (χ0v) is 10.0. The third kappa shape index (κ3) is 3.72. The average molecular weight is 243 g/mol. The monoisotopic (exact) mass is 243 g/mol. The minimum absolute atomic E-state index is 0.139. The maximum absolute atomic E-state index is 11.7. The van der Waals surface area contributed by atoms with Crippen LogP contribution in [0, 0.1) is 11.8 Å². The molecule has 0 aromatic carbocycles. The number of carbonyl (C=O) groups is 3. The molecule has 1 aliphatic carbocycles. The molecule has 0 radical (unpaired) electrons. The lowest BCUT2D eigenvalue weighted by atomic mass is 10.2. The molecule has 0 spiro atoms. The van der Waals surface area contributed by atoms with Crippen molar-refractivity contribution in [3.8, 4) is 0 Å². The standard InChI is InChI=1S/C11H17NO5/c1-3-17-9(13)4-5-12(2)10(14)7-6-8(7)11(15)16/h7-8H,3-6H2,1-2H3,(H,15,16). The van der Waals surface area contributed by atoms with Gasteiger partial charge in [-0.2, -0.15) is 0 Å². The van der Waals surface area contributed by atoms with E-state index >= 15 is 0 Å². The number of ether oxygens (including phenoxy) is 1. The summed E-state index contributed by atoms with van der Waals surface area (Å²) in [5.74, 6) is -2.45. The van der Waals surface area contributed by atoms with Gasteiger partial charge in [-0.1, -0.05) is 0 Å². The number of hydrogen-bond donors (Lipinski definition) is 1. The highest BCUT2D eigenvalue weighted by Gasteiger charge is 2.49. The topological polar surface area (TPSA) is 83.9 Å². The SMILES string of the molecule is CCOC(=O)CCN(C)C(=O)C1CC1C(=O)O. The van der Waals surface area contributed by atoms with E-state index in [-0.39, 0.29) is 24.8 Å². The van der Waals surface area contributed by atoms with E-state index in [1.807, 2.05) is 0 Å². The Labute approximate surface area is 99.5 Å². The van der Waals surface area contributed by atoms with Crippen LogP contribution in [0.1, 0.15) is 19.8 Å². The summed E-state index contributed by atoms with van der Waals surface area (Å²) in [6.07, 6.45) is 0.540. The highest BCUT2D eigenvalue weighted by atomic mass is 16.5. The van der Waals surface area contributed by atoms with Crippen molar-refractivity contribution in [2.75, 3.05) is 20.2 Å². The molecule has 1 rings (SSSR count). The molecular weight excluding hydrogens is 226 g/mol. The fourth-order valence-electron chi connectivity index (χ4n) is 1.63. The van der Waals surface area contributed by atoms with Crippen molar-refractivity contribution >= 4 is 17.8 Å². The fraction of sp³-hybridized carbons (Fsp3) is 0.727. The van der Waals surface area contributed by atoms with E-state index in [4.69, 9.17) is 9.84 Å². The molecule has 2 atom stereocenters. The number of hydrogen-bond acceptors (Lipinski definition) is 4. The molecule has 1 aliphatic rings. The van der Waals surface area contributed by atoms with Gasteiger partial charge in [-0.3, -0.25) is 14.4 Å². The van der Waals surface area contributed by atoms with Gasteiger partial charge in [-0.25, -0.2) is 0 Å². The Hall–Kier alpha value is -1.59. The van der Waals surface area contributed by atoms with Gasteiger partial charge >= 0.3 is 11.9 Å². The molecule has 1 N–H and O–H groups in total. The largest absolute Gasteiger partial charge is 0.481 e. The summed E-state index contributed by atoms with van der Waals surface area (Å²) < 4.78 is 4.74. The number of carbonyl (C=O) groups excluding carboxylic acids is 2. The second-order valence-electron chi connectivity index (χ2n) is 4.10. The van der Waals surface area contributed by atoms with E-state index in [9.17, 15) is 14.4 Å². The molecule has 1 fully saturated rings. The molecule has 0 heterocycles. The summed E-state index contributed by atoms with van der Waals surface area (Å²) in [5, 5.41) is 8.70. The van der Waals surface area contributed by atoms with Crippen LogP contribution in [0.15, 0.2) is 0 Å². The van der Waals surface area contributed by atoms with Crippen molar-refractivity contribution in [3.63, 3.8) is 0 Å². The van der Waals surface area contributed by atoms with Crippen molar-refractivity contribution in [2.45, 2.75) is 19.8 Å². The van der Waals surface area contributed by atoms with Gasteiger partial charge in [0.05, 0.1) is 24.9 Å². The third-order valence-corrected chi connectivity index (χ3v) is 2.76. The van der Waals surface area contributed by atoms with Crippen LogP contribution < -0.4 is 0 Å². The number of esters is 1. The van der Waals surface area contributed by atoms with Crippen molar-refractivity contribution in [2.24, 2.45) is 11.8 Å². The Kier molecular flexibility index (Phi) is 4.48. The highest BCUT2D eigenvalue weighted by molar-refractivity contribution is 5.89. The molecule has 0 aromatic heterocycles. The Bertz CT molecular complexity index is 328. The lowest BCUT2D eigenvalue weighted by Gasteiger charge is -2.16. The first-order valence-corrected chi connectivity index (χ1v) is 5.60. The second kappa shape index (κ2) is 5.65. The summed E-state index contributed by atoms with van der Waals surface area (Å²) in [6.45, 7) is 2.30. The van der Waals surface area contributed by atoms with E-state index in [0.29, 0.717) is 13.0 Å². The van der Waals surface area contributed by atoms with Gasteiger partial charge in [-0.15, -0.1) is 0 Å². The smallest absolute Gasteiger partial charge is 0.307 e. The normalized spacial score (nSPS) is 21.8. The van der Waals surface area contributed by atoms with Crippen molar-refractivity contribution in [1.29, 1.82) is 0 Å². The molecule has 2 unspecified atom stereocenters. The number of carboxylic acid groups (broad SMARTS) is 1. The van der Waals surface area contributed by atoms with Crippen molar-refractivity contribution < 1.29 is 24.2 Å². The fourth-order valence-corrected chi connectivity index (χ4v) is 1.63. The predicted molar refractivity (Wildman–Crippen MR) is 58.1 cm³/mol. The number of amides is 1. The van der Waals surface area contributed by atoms with Crippen LogP contribution in [0.5, 0.6) is 0 Å². The molecule has 1 amide bonds. The number of carboxylic acids is 1. The van der Waals surface area contributed by atoms with E-state index in [0.717, 1.165) is 0 Å². The molecule has 0 saturated heterocycles. The molecule has 0 aromatic rings. The van der Waals surface area contributed by atoms with Gasteiger partial charge in [0.2, 0.25) is 5.91 Å². The molecule has 6 heteroatoms. The van der Waals surface area contributed by atoms with E-state index in [1.165, 1.54) is 4.90 Å². The van der Waals surface area contributed by atoms with Crippen LogP contribution in [-0.4, -0.2) is 48.1 Å². The maximum Gasteiger partial charge on any atom is 0.307 e. The summed E-state index contributed by atoms with van der Waals surface area (Å²) in [7, 11) is 1.57. The van der Waals surface area contributed by atoms with Crippen LogP contribution in [0.25, 0.3) is 0 Å². The van der Waals surface area contributed by atoms with Gasteiger partial charge in [0.1, 0.15) is 0 Å². The van der Waals surface area contributed by atoms with E-state index < -0.39 is 17.8 Å². The molecule has 6 nitrogen and oxygen atoms in total. The Morgan fingerprint density at radius 1 is 1.35 bits per heavy atom. The van der Waals surface area contributed by atoms with Gasteiger partial charge < -0.3 is 14.7 Å². The molecule has 0 bridgehead atoms. The Balaban J connectivity index is 2.29. The van der Waals surface area contributed by atoms with Gasteiger partial charge in [0, 0.05) is 13.6 Å². The number of aliphatic carboxylic acids is 1. The Morgan fingerprint density at radius 3 is 2.47 bits per heavy atom. The zero-order chi connectivity index (χ0) is 13.0. The minimum atomic E-state index is -0.929. The lowest BCUT2D eigenvalue weighted by Crippen LogP contribution is -2.31. The zero-order valence-electron chi connectivity index (χ0n) is 10.0. The molecule has 96 valence electrons. The summed E-state index contributed by atoms with van der Waals surface area (Å²) in [6, 6.07) is 0. The minimum Gasteiger partial charge on any atom is -0.481 e. The molecule has 1 saturated carbocycles. The predicted octanol–water partition coefficient (Wildman–Crippen LogP) is 0.119. The van der Waals surface area contributed by atoms with Crippen LogP contribution in [0.3, 0.4) is 0 Å². The lowest BCUT2D eigenvalue weighted by molar-refractivity contribution is -0.145. The van der Waals surface area contributed by atoms with Crippen LogP contribution >= 0.6 is 0 Å². The summed E-state index contributed by atoms with van der Waals surface area (Å²) in [4.78, 5) is 34.8. The van der Waals surface area contributed by atoms with Crippen molar-refractivity contribution in [3.05, 3.63) is 0 Å². The van der Waals surface area contributed by atoms with Crippen molar-refractivity contribution in [1.82, 2.24) is 4.90 Å². The van der Waals surface area contributed by atoms with Crippen LogP contribution in [-0.2, 0) is 19.1 Å². The third-order valence-electron chi connectivity index (χ3n) is 2.76. The summed E-state index contributed by atoms with van der Waals surface area (Å²) in [5.41, 5.74) is 0. The first kappa shape index (κ1) is 13.5. The quantitative estimate of drug-likeness (QED) is 0.670. The van der Waals surface area contributed by atoms with Gasteiger partial charge in [0.25, 0.3) is 0 Å². The molecule has 0 aliphatic heterocycles. The van der Waals surface area contributed by atoms with E-state index in [1.54, 1.807) is 14.0 Å². The highest BCUT2D eigenvalue weighted by Crippen LogP contribution is 2.39. The first-order valence-electron chi connectivity index (χ1n) is 5.60. The van der Waals surface area contributed by atoms with Crippen LogP contribution in [0.4, 0.5) is 0 Å². The number of nitrogens with zero attached hydrogens (tertiary/aromatic N) is 1. The van der Waals surface area contributed by atoms with E-state index in [2.05, 4.69) is 0 Å². The number of rotatable bonds is 6. The summed E-state index contributed by atoms with van der Waals surface area (Å²) >= 11 is 0. The van der Waals surface area contributed by atoms with Gasteiger partial charge in [0.15, 0.2) is 0 Å².